The Morgan fingerprint density at radius 1 is 1.42 bits per heavy atom. The normalized spacial score (nSPS) is 19.4. The van der Waals surface area contributed by atoms with Gasteiger partial charge >= 0.3 is 0 Å². The van der Waals surface area contributed by atoms with Gasteiger partial charge in [0.15, 0.2) is 0 Å². The maximum atomic E-state index is 9.23. The fourth-order valence-electron chi connectivity index (χ4n) is 2.70. The molecule has 0 saturated carbocycles. The van der Waals surface area contributed by atoms with Gasteiger partial charge in [-0.05, 0) is 30.5 Å². The quantitative estimate of drug-likeness (QED) is 0.855. The van der Waals surface area contributed by atoms with Crippen molar-refractivity contribution in [3.8, 4) is 0 Å². The van der Waals surface area contributed by atoms with Crippen molar-refractivity contribution < 1.29 is 5.11 Å². The highest BCUT2D eigenvalue weighted by Crippen LogP contribution is 2.27. The third-order valence-corrected chi connectivity index (χ3v) is 3.86. The number of aliphatic hydroxyl groups is 1. The monoisotopic (exact) mass is 262 g/mol. The van der Waals surface area contributed by atoms with E-state index in [-0.39, 0.29) is 0 Å². The Kier molecular flexibility index (Phi) is 4.83. The summed E-state index contributed by atoms with van der Waals surface area (Å²) in [6, 6.07) is 7.23. The molecule has 0 aromatic heterocycles. The molecule has 0 radical (unpaired) electrons. The van der Waals surface area contributed by atoms with Crippen molar-refractivity contribution in [1.29, 1.82) is 0 Å². The lowest BCUT2D eigenvalue weighted by Crippen LogP contribution is -2.23. The average Bonchev–Trinajstić information content (AvgIpc) is 2.85. The van der Waals surface area contributed by atoms with Gasteiger partial charge in [-0.2, -0.15) is 0 Å². The molecule has 3 nitrogen and oxygen atoms in total. The summed E-state index contributed by atoms with van der Waals surface area (Å²) < 4.78 is 0. The Morgan fingerprint density at radius 3 is 2.79 bits per heavy atom. The molecule has 19 heavy (non-hydrogen) atoms. The van der Waals surface area contributed by atoms with Gasteiger partial charge in [0.2, 0.25) is 0 Å². The SMILES string of the molecule is Cc1cc(CNC(C)C)ccc1N1CCC(CO)C1. The summed E-state index contributed by atoms with van der Waals surface area (Å²) >= 11 is 0. The van der Waals surface area contributed by atoms with Gasteiger partial charge in [-0.15, -0.1) is 0 Å². The number of benzene rings is 1. The Bertz CT molecular complexity index is 417. The molecule has 0 aliphatic carbocycles. The number of aryl methyl sites for hydroxylation is 1. The molecule has 1 atom stereocenters. The van der Waals surface area contributed by atoms with Crippen LogP contribution >= 0.6 is 0 Å². The lowest BCUT2D eigenvalue weighted by molar-refractivity contribution is 0.238. The molecule has 1 aromatic rings. The summed E-state index contributed by atoms with van der Waals surface area (Å²) in [6.07, 6.45) is 1.10. The lowest BCUT2D eigenvalue weighted by Gasteiger charge is -2.21. The molecule has 0 spiro atoms. The highest BCUT2D eigenvalue weighted by Gasteiger charge is 2.22. The van der Waals surface area contributed by atoms with E-state index >= 15 is 0 Å². The molecule has 1 aromatic carbocycles. The van der Waals surface area contributed by atoms with Crippen LogP contribution in [0.5, 0.6) is 0 Å². The number of rotatable bonds is 5. The number of aliphatic hydroxyl groups excluding tert-OH is 1. The van der Waals surface area contributed by atoms with E-state index in [9.17, 15) is 5.11 Å². The molecule has 1 unspecified atom stereocenters. The smallest absolute Gasteiger partial charge is 0.0476 e. The van der Waals surface area contributed by atoms with Crippen molar-refractivity contribution in [3.63, 3.8) is 0 Å². The van der Waals surface area contributed by atoms with Gasteiger partial charge in [-0.25, -0.2) is 0 Å². The average molecular weight is 262 g/mol. The molecule has 1 heterocycles. The maximum Gasteiger partial charge on any atom is 0.0476 e. The number of hydrogen-bond donors (Lipinski definition) is 2. The van der Waals surface area contributed by atoms with Crippen molar-refractivity contribution >= 4 is 5.69 Å². The number of nitrogens with zero attached hydrogens (tertiary/aromatic N) is 1. The predicted octanol–water partition coefficient (Wildman–Crippen LogP) is 2.31. The fourth-order valence-corrected chi connectivity index (χ4v) is 2.70. The number of nitrogens with one attached hydrogen (secondary N) is 1. The van der Waals surface area contributed by atoms with Gasteiger partial charge in [0, 0.05) is 43.9 Å². The van der Waals surface area contributed by atoms with E-state index in [2.05, 4.69) is 49.2 Å². The first-order valence-electron chi connectivity index (χ1n) is 7.29. The summed E-state index contributed by atoms with van der Waals surface area (Å²) in [7, 11) is 0. The fraction of sp³-hybridized carbons (Fsp3) is 0.625. The topological polar surface area (TPSA) is 35.5 Å². The van der Waals surface area contributed by atoms with Crippen LogP contribution in [-0.2, 0) is 6.54 Å². The third kappa shape index (κ3) is 3.71. The van der Waals surface area contributed by atoms with E-state index in [0.717, 1.165) is 26.1 Å². The summed E-state index contributed by atoms with van der Waals surface area (Å²) in [4.78, 5) is 2.40. The largest absolute Gasteiger partial charge is 0.396 e. The molecule has 1 aliphatic heterocycles. The van der Waals surface area contributed by atoms with Gasteiger partial charge in [-0.1, -0.05) is 26.0 Å². The first kappa shape index (κ1) is 14.4. The van der Waals surface area contributed by atoms with Crippen LogP contribution < -0.4 is 10.2 Å². The Labute approximate surface area is 116 Å². The standard InChI is InChI=1S/C16H26N2O/c1-12(2)17-9-14-4-5-16(13(3)8-14)18-7-6-15(10-18)11-19/h4-5,8,12,15,17,19H,6-7,9-11H2,1-3H3. The molecule has 1 saturated heterocycles. The minimum atomic E-state index is 0.311. The first-order chi connectivity index (χ1) is 9.10. The zero-order chi connectivity index (χ0) is 13.8. The summed E-state index contributed by atoms with van der Waals surface area (Å²) in [6.45, 7) is 9.81. The molecule has 0 bridgehead atoms. The minimum absolute atomic E-state index is 0.311. The molecule has 1 fully saturated rings. The summed E-state index contributed by atoms with van der Waals surface area (Å²) in [5.41, 5.74) is 4.00. The highest BCUT2D eigenvalue weighted by molar-refractivity contribution is 5.55. The second kappa shape index (κ2) is 6.40. The summed E-state index contributed by atoms with van der Waals surface area (Å²) in [5.74, 6) is 0.446. The summed E-state index contributed by atoms with van der Waals surface area (Å²) in [5, 5.41) is 12.7. The molecule has 0 amide bonds. The zero-order valence-electron chi connectivity index (χ0n) is 12.3. The Hall–Kier alpha value is -1.06. The first-order valence-corrected chi connectivity index (χ1v) is 7.29. The van der Waals surface area contributed by atoms with Crippen molar-refractivity contribution in [1.82, 2.24) is 5.32 Å². The van der Waals surface area contributed by atoms with Crippen LogP contribution in [0.25, 0.3) is 0 Å². The van der Waals surface area contributed by atoms with Gasteiger partial charge in [-0.3, -0.25) is 0 Å². The number of anilines is 1. The molecule has 2 rings (SSSR count). The van der Waals surface area contributed by atoms with E-state index in [1.54, 1.807) is 0 Å². The zero-order valence-corrected chi connectivity index (χ0v) is 12.3. The van der Waals surface area contributed by atoms with E-state index in [1.807, 2.05) is 0 Å². The van der Waals surface area contributed by atoms with Crippen LogP contribution in [0.1, 0.15) is 31.4 Å². The molecule has 106 valence electrons. The van der Waals surface area contributed by atoms with Crippen molar-refractivity contribution in [2.24, 2.45) is 5.92 Å². The second-order valence-corrected chi connectivity index (χ2v) is 5.94. The molecule has 3 heteroatoms. The van der Waals surface area contributed by atoms with Crippen LogP contribution in [-0.4, -0.2) is 30.8 Å². The molecular formula is C16H26N2O. The van der Waals surface area contributed by atoms with E-state index in [4.69, 9.17) is 0 Å². The predicted molar refractivity (Wildman–Crippen MR) is 80.6 cm³/mol. The molecule has 1 aliphatic rings. The highest BCUT2D eigenvalue weighted by atomic mass is 16.3. The third-order valence-electron chi connectivity index (χ3n) is 3.86. The molecule has 2 N–H and O–H groups in total. The maximum absolute atomic E-state index is 9.23. The van der Waals surface area contributed by atoms with Crippen molar-refractivity contribution in [2.75, 3.05) is 24.6 Å². The van der Waals surface area contributed by atoms with Gasteiger partial charge in [0.05, 0.1) is 0 Å². The van der Waals surface area contributed by atoms with E-state index in [1.165, 1.54) is 16.8 Å². The minimum Gasteiger partial charge on any atom is -0.396 e. The number of hydrogen-bond acceptors (Lipinski definition) is 3. The lowest BCUT2D eigenvalue weighted by atomic mass is 10.1. The van der Waals surface area contributed by atoms with Crippen LogP contribution in [0.3, 0.4) is 0 Å². The Morgan fingerprint density at radius 2 is 2.21 bits per heavy atom. The van der Waals surface area contributed by atoms with Crippen molar-refractivity contribution in [3.05, 3.63) is 29.3 Å². The van der Waals surface area contributed by atoms with Crippen LogP contribution in [0.15, 0.2) is 18.2 Å². The van der Waals surface area contributed by atoms with Gasteiger partial charge in [0.1, 0.15) is 0 Å². The van der Waals surface area contributed by atoms with Crippen LogP contribution in [0.2, 0.25) is 0 Å². The Balaban J connectivity index is 2.03. The van der Waals surface area contributed by atoms with Crippen molar-refractivity contribution in [2.45, 2.75) is 39.8 Å². The van der Waals surface area contributed by atoms with E-state index in [0.29, 0.717) is 18.6 Å². The second-order valence-electron chi connectivity index (χ2n) is 5.94. The van der Waals surface area contributed by atoms with E-state index < -0.39 is 0 Å². The van der Waals surface area contributed by atoms with Gasteiger partial charge in [0.25, 0.3) is 0 Å². The molecular weight excluding hydrogens is 236 g/mol. The van der Waals surface area contributed by atoms with Crippen LogP contribution in [0.4, 0.5) is 5.69 Å². The van der Waals surface area contributed by atoms with Gasteiger partial charge < -0.3 is 15.3 Å². The van der Waals surface area contributed by atoms with Crippen LogP contribution in [0, 0.1) is 12.8 Å².